The first-order valence-electron chi connectivity index (χ1n) is 7.74. The van der Waals surface area contributed by atoms with E-state index in [9.17, 15) is 9.59 Å². The molecule has 0 fully saturated rings. The first kappa shape index (κ1) is 17.5. The quantitative estimate of drug-likeness (QED) is 0.613. The minimum atomic E-state index is -1.08. The van der Waals surface area contributed by atoms with Gasteiger partial charge in [0.2, 0.25) is 0 Å². The van der Waals surface area contributed by atoms with Crippen LogP contribution in [-0.4, -0.2) is 23.7 Å². The zero-order valence-electron chi connectivity index (χ0n) is 13.7. The Morgan fingerprint density at radius 1 is 1.00 bits per heavy atom. The van der Waals surface area contributed by atoms with E-state index in [4.69, 9.17) is 14.6 Å². The molecule has 1 N–H and O–H groups in total. The molecule has 0 radical (unpaired) electrons. The third kappa shape index (κ3) is 5.12. The van der Waals surface area contributed by atoms with E-state index < -0.39 is 11.9 Å². The van der Waals surface area contributed by atoms with Crippen molar-refractivity contribution in [1.82, 2.24) is 0 Å². The highest BCUT2D eigenvalue weighted by atomic mass is 16.5. The van der Waals surface area contributed by atoms with E-state index in [0.717, 1.165) is 6.42 Å². The summed E-state index contributed by atoms with van der Waals surface area (Å²) < 4.78 is 10.9. The van der Waals surface area contributed by atoms with E-state index in [1.54, 1.807) is 24.3 Å². The standard InChI is InChI=1S/C19H20O5/c1-13(2)9-10-23-16-7-4-6-15(12-16)19(22)24-17-8-3-5-14(11-17)18(20)21/h3-8,11-13H,9-10H2,1-2H3,(H,20,21). The van der Waals surface area contributed by atoms with E-state index in [1.165, 1.54) is 24.3 Å². The van der Waals surface area contributed by atoms with Crippen molar-refractivity contribution in [2.45, 2.75) is 20.3 Å². The lowest BCUT2D eigenvalue weighted by Gasteiger charge is -2.09. The molecular weight excluding hydrogens is 308 g/mol. The smallest absolute Gasteiger partial charge is 0.343 e. The fourth-order valence-electron chi connectivity index (χ4n) is 1.98. The van der Waals surface area contributed by atoms with Crippen LogP contribution in [0.25, 0.3) is 0 Å². The summed E-state index contributed by atoms with van der Waals surface area (Å²) in [7, 11) is 0. The number of benzene rings is 2. The highest BCUT2D eigenvalue weighted by Crippen LogP contribution is 2.18. The Morgan fingerprint density at radius 2 is 1.62 bits per heavy atom. The molecular formula is C19H20O5. The molecule has 0 saturated carbocycles. The van der Waals surface area contributed by atoms with Gasteiger partial charge in [-0.25, -0.2) is 9.59 Å². The summed E-state index contributed by atoms with van der Waals surface area (Å²) in [5.41, 5.74) is 0.406. The maximum atomic E-state index is 12.2. The normalized spacial score (nSPS) is 10.5. The van der Waals surface area contributed by atoms with Crippen LogP contribution in [0.1, 0.15) is 41.0 Å². The van der Waals surface area contributed by atoms with Gasteiger partial charge in [-0.3, -0.25) is 0 Å². The van der Waals surface area contributed by atoms with Gasteiger partial charge in [0, 0.05) is 0 Å². The zero-order valence-corrected chi connectivity index (χ0v) is 13.7. The maximum absolute atomic E-state index is 12.2. The number of carboxylic acids is 1. The minimum Gasteiger partial charge on any atom is -0.494 e. The maximum Gasteiger partial charge on any atom is 0.343 e. The fourth-order valence-corrected chi connectivity index (χ4v) is 1.98. The Kier molecular flexibility index (Phi) is 5.95. The SMILES string of the molecule is CC(C)CCOc1cccc(C(=O)Oc2cccc(C(=O)O)c2)c1. The van der Waals surface area contributed by atoms with Crippen molar-refractivity contribution < 1.29 is 24.2 Å². The Bertz CT molecular complexity index is 721. The summed E-state index contributed by atoms with van der Waals surface area (Å²) in [5.74, 6) is -0.310. The number of ether oxygens (including phenoxy) is 2. The highest BCUT2D eigenvalue weighted by Gasteiger charge is 2.11. The summed E-state index contributed by atoms with van der Waals surface area (Å²) in [4.78, 5) is 23.1. The van der Waals surface area contributed by atoms with Crippen molar-refractivity contribution in [1.29, 1.82) is 0 Å². The van der Waals surface area contributed by atoms with Crippen LogP contribution in [0.5, 0.6) is 11.5 Å². The molecule has 126 valence electrons. The van der Waals surface area contributed by atoms with Crippen LogP contribution in [0.3, 0.4) is 0 Å². The topological polar surface area (TPSA) is 72.8 Å². The van der Waals surface area contributed by atoms with Gasteiger partial charge >= 0.3 is 11.9 Å². The van der Waals surface area contributed by atoms with Gasteiger partial charge < -0.3 is 14.6 Å². The second-order valence-corrected chi connectivity index (χ2v) is 5.78. The van der Waals surface area contributed by atoms with E-state index >= 15 is 0 Å². The molecule has 5 heteroatoms. The van der Waals surface area contributed by atoms with Crippen LogP contribution in [0.15, 0.2) is 48.5 Å². The molecule has 0 aromatic heterocycles. The Labute approximate surface area is 140 Å². The molecule has 0 aliphatic heterocycles. The molecule has 24 heavy (non-hydrogen) atoms. The number of carbonyl (C=O) groups excluding carboxylic acids is 1. The van der Waals surface area contributed by atoms with Crippen LogP contribution in [-0.2, 0) is 0 Å². The molecule has 0 aliphatic carbocycles. The van der Waals surface area contributed by atoms with Crippen LogP contribution in [0.2, 0.25) is 0 Å². The van der Waals surface area contributed by atoms with Gasteiger partial charge in [-0.05, 0) is 48.7 Å². The zero-order chi connectivity index (χ0) is 17.5. The lowest BCUT2D eigenvalue weighted by molar-refractivity contribution is 0.0687. The predicted molar refractivity (Wildman–Crippen MR) is 89.8 cm³/mol. The second kappa shape index (κ2) is 8.15. The molecule has 0 unspecified atom stereocenters. The van der Waals surface area contributed by atoms with Crippen molar-refractivity contribution in [3.8, 4) is 11.5 Å². The summed E-state index contributed by atoms with van der Waals surface area (Å²) in [6.45, 7) is 4.81. The third-order valence-electron chi connectivity index (χ3n) is 3.33. The molecule has 0 saturated heterocycles. The molecule has 0 atom stereocenters. The van der Waals surface area contributed by atoms with Crippen LogP contribution in [0.4, 0.5) is 0 Å². The van der Waals surface area contributed by atoms with E-state index in [1.807, 2.05) is 0 Å². The van der Waals surface area contributed by atoms with Crippen LogP contribution >= 0.6 is 0 Å². The monoisotopic (exact) mass is 328 g/mol. The Morgan fingerprint density at radius 3 is 2.29 bits per heavy atom. The molecule has 2 aromatic rings. The molecule has 5 nitrogen and oxygen atoms in total. The Balaban J connectivity index is 2.04. The summed E-state index contributed by atoms with van der Waals surface area (Å²) in [6.07, 6.45) is 0.927. The van der Waals surface area contributed by atoms with Gasteiger partial charge in [-0.2, -0.15) is 0 Å². The lowest BCUT2D eigenvalue weighted by atomic mass is 10.1. The Hall–Kier alpha value is -2.82. The minimum absolute atomic E-state index is 0.0612. The number of carboxylic acid groups (broad SMARTS) is 1. The summed E-state index contributed by atoms with van der Waals surface area (Å²) >= 11 is 0. The average Bonchev–Trinajstić information content (AvgIpc) is 2.55. The van der Waals surface area contributed by atoms with Gasteiger partial charge in [0.1, 0.15) is 11.5 Å². The first-order chi connectivity index (χ1) is 11.5. The van der Waals surface area contributed by atoms with E-state index in [0.29, 0.717) is 23.8 Å². The molecule has 0 bridgehead atoms. The molecule has 0 amide bonds. The van der Waals surface area contributed by atoms with Crippen molar-refractivity contribution >= 4 is 11.9 Å². The molecule has 2 aromatic carbocycles. The number of aromatic carboxylic acids is 1. The predicted octanol–water partition coefficient (Wildman–Crippen LogP) is 4.03. The number of hydrogen-bond acceptors (Lipinski definition) is 4. The van der Waals surface area contributed by atoms with Crippen LogP contribution < -0.4 is 9.47 Å². The molecule has 0 aliphatic rings. The number of carbonyl (C=O) groups is 2. The van der Waals surface area contributed by atoms with Gasteiger partial charge in [-0.15, -0.1) is 0 Å². The third-order valence-corrected chi connectivity index (χ3v) is 3.33. The molecule has 2 rings (SSSR count). The number of hydrogen-bond donors (Lipinski definition) is 1. The molecule has 0 spiro atoms. The van der Waals surface area contributed by atoms with E-state index in [2.05, 4.69) is 13.8 Å². The summed E-state index contributed by atoms with van der Waals surface area (Å²) in [6, 6.07) is 12.5. The van der Waals surface area contributed by atoms with Crippen LogP contribution in [0, 0.1) is 5.92 Å². The van der Waals surface area contributed by atoms with Crippen molar-refractivity contribution in [2.24, 2.45) is 5.92 Å². The van der Waals surface area contributed by atoms with Crippen molar-refractivity contribution in [3.05, 3.63) is 59.7 Å². The van der Waals surface area contributed by atoms with Gasteiger partial charge in [0.25, 0.3) is 0 Å². The average molecular weight is 328 g/mol. The fraction of sp³-hybridized carbons (Fsp3) is 0.263. The first-order valence-corrected chi connectivity index (χ1v) is 7.74. The summed E-state index contributed by atoms with van der Waals surface area (Å²) in [5, 5.41) is 8.96. The lowest BCUT2D eigenvalue weighted by Crippen LogP contribution is -2.09. The molecule has 0 heterocycles. The van der Waals surface area contributed by atoms with E-state index in [-0.39, 0.29) is 11.3 Å². The van der Waals surface area contributed by atoms with Gasteiger partial charge in [0.05, 0.1) is 17.7 Å². The highest BCUT2D eigenvalue weighted by molar-refractivity contribution is 5.92. The van der Waals surface area contributed by atoms with Crippen molar-refractivity contribution in [2.75, 3.05) is 6.61 Å². The van der Waals surface area contributed by atoms with Gasteiger partial charge in [-0.1, -0.05) is 26.0 Å². The van der Waals surface area contributed by atoms with Gasteiger partial charge in [0.15, 0.2) is 0 Å². The largest absolute Gasteiger partial charge is 0.494 e. The second-order valence-electron chi connectivity index (χ2n) is 5.78. The number of esters is 1. The van der Waals surface area contributed by atoms with Crippen molar-refractivity contribution in [3.63, 3.8) is 0 Å². The number of rotatable bonds is 7.